The molecule has 0 radical (unpaired) electrons. The fourth-order valence-corrected chi connectivity index (χ4v) is 5.15. The van der Waals surface area contributed by atoms with Crippen LogP contribution in [0, 0.1) is 0 Å². The van der Waals surface area contributed by atoms with Gasteiger partial charge in [-0.3, -0.25) is 0 Å². The van der Waals surface area contributed by atoms with Crippen molar-refractivity contribution < 1.29 is 57.1 Å². The third-order valence-electron chi connectivity index (χ3n) is 7.73. The molecule has 12 nitrogen and oxygen atoms in total. The lowest BCUT2D eigenvalue weighted by atomic mass is 10.1. The minimum absolute atomic E-state index is 0.0565. The van der Waals surface area contributed by atoms with Crippen molar-refractivity contribution >= 4 is 23.9 Å². The molecule has 4 aromatic carbocycles. The molecule has 2 aliphatic heterocycles. The fraction of sp³-hybridized carbons (Fsp3) is 0.222. The SMILES string of the molecule is COc1ccc(C(=O)Oc2ccc(C(=O)OC3COC4C3OC[C@H]4OC(=O)c3ccc(OC(=O)c4ccc(OC)cc4)cc3)cc2)cc1. The Bertz CT molecular complexity index is 1630. The molecule has 246 valence electrons. The molecule has 2 aliphatic rings. The zero-order valence-corrected chi connectivity index (χ0v) is 25.9. The van der Waals surface area contributed by atoms with Crippen LogP contribution in [0.25, 0.3) is 0 Å². The summed E-state index contributed by atoms with van der Waals surface area (Å²) in [4.78, 5) is 50.6. The van der Waals surface area contributed by atoms with Gasteiger partial charge in [-0.2, -0.15) is 0 Å². The van der Waals surface area contributed by atoms with E-state index in [2.05, 4.69) is 0 Å². The van der Waals surface area contributed by atoms with Crippen molar-refractivity contribution in [1.82, 2.24) is 0 Å². The monoisotopic (exact) mass is 654 g/mol. The number of benzene rings is 4. The quantitative estimate of drug-likeness (QED) is 0.173. The molecule has 0 aromatic heterocycles. The van der Waals surface area contributed by atoms with Crippen LogP contribution in [0.5, 0.6) is 23.0 Å². The summed E-state index contributed by atoms with van der Waals surface area (Å²) in [5, 5.41) is 0. The zero-order valence-electron chi connectivity index (χ0n) is 25.9. The van der Waals surface area contributed by atoms with E-state index in [4.69, 9.17) is 37.9 Å². The van der Waals surface area contributed by atoms with Crippen LogP contribution in [0.15, 0.2) is 97.1 Å². The number of ether oxygens (including phenoxy) is 8. The van der Waals surface area contributed by atoms with Crippen molar-refractivity contribution in [2.75, 3.05) is 27.4 Å². The molecule has 0 amide bonds. The number of methoxy groups -OCH3 is 2. The van der Waals surface area contributed by atoms with E-state index in [1.807, 2.05) is 0 Å². The molecule has 2 fully saturated rings. The Morgan fingerprint density at radius 3 is 1.06 bits per heavy atom. The number of carbonyl (C=O) groups excluding carboxylic acids is 4. The molecule has 0 aliphatic carbocycles. The van der Waals surface area contributed by atoms with E-state index in [0.29, 0.717) is 22.6 Å². The lowest BCUT2D eigenvalue weighted by Crippen LogP contribution is -2.36. The molecule has 0 saturated carbocycles. The number of carbonyl (C=O) groups is 4. The highest BCUT2D eigenvalue weighted by atomic mass is 16.7. The van der Waals surface area contributed by atoms with Gasteiger partial charge in [-0.1, -0.05) is 0 Å². The van der Waals surface area contributed by atoms with E-state index in [9.17, 15) is 19.2 Å². The van der Waals surface area contributed by atoms with Crippen LogP contribution in [0.3, 0.4) is 0 Å². The van der Waals surface area contributed by atoms with Crippen LogP contribution >= 0.6 is 0 Å². The summed E-state index contributed by atoms with van der Waals surface area (Å²) in [5.74, 6) is -0.609. The molecule has 4 atom stereocenters. The van der Waals surface area contributed by atoms with Crippen LogP contribution < -0.4 is 18.9 Å². The molecule has 2 heterocycles. The van der Waals surface area contributed by atoms with Crippen LogP contribution in [-0.4, -0.2) is 75.7 Å². The summed E-state index contributed by atoms with van der Waals surface area (Å²) < 4.78 is 43.9. The van der Waals surface area contributed by atoms with Crippen LogP contribution in [0.4, 0.5) is 0 Å². The molecule has 0 bridgehead atoms. The standard InChI is InChI=1S/C36H30O12/c1-41-25-11-3-21(4-12-25)33(37)45-27-15-7-23(8-16-27)35(39)47-29-19-43-32-30(20-44-31(29)32)48-36(40)24-9-17-28(18-10-24)46-34(38)22-5-13-26(42-2)14-6-22/h3-18,29-32H,19-20H2,1-2H3/t29-,30?,31?,32?/m1/s1. The van der Waals surface area contributed by atoms with Crippen LogP contribution in [-0.2, 0) is 18.9 Å². The Balaban J connectivity index is 0.977. The van der Waals surface area contributed by atoms with E-state index < -0.39 is 48.3 Å². The third kappa shape index (κ3) is 7.30. The second-order valence-corrected chi connectivity index (χ2v) is 10.8. The summed E-state index contributed by atoms with van der Waals surface area (Å²) >= 11 is 0. The third-order valence-corrected chi connectivity index (χ3v) is 7.73. The van der Waals surface area contributed by atoms with E-state index in [1.54, 1.807) is 48.5 Å². The van der Waals surface area contributed by atoms with Gasteiger partial charge in [-0.15, -0.1) is 0 Å². The second kappa shape index (κ2) is 14.4. The lowest BCUT2D eigenvalue weighted by molar-refractivity contribution is -0.0287. The van der Waals surface area contributed by atoms with Gasteiger partial charge in [0.15, 0.2) is 12.2 Å². The van der Waals surface area contributed by atoms with Gasteiger partial charge in [0.25, 0.3) is 0 Å². The molecule has 12 heteroatoms. The molecule has 3 unspecified atom stereocenters. The van der Waals surface area contributed by atoms with Gasteiger partial charge in [0.1, 0.15) is 35.2 Å². The Kier molecular flexibility index (Phi) is 9.65. The summed E-state index contributed by atoms with van der Waals surface area (Å²) in [7, 11) is 3.06. The molecule has 6 rings (SSSR count). The summed E-state index contributed by atoms with van der Waals surface area (Å²) in [6.07, 6.45) is -2.70. The zero-order chi connectivity index (χ0) is 33.6. The maximum absolute atomic E-state index is 12.9. The predicted octanol–water partition coefficient (Wildman–Crippen LogP) is 4.69. The molecular formula is C36H30O12. The molecule has 0 spiro atoms. The molecule has 48 heavy (non-hydrogen) atoms. The minimum Gasteiger partial charge on any atom is -0.497 e. The summed E-state index contributed by atoms with van der Waals surface area (Å²) in [6, 6.07) is 24.9. The van der Waals surface area contributed by atoms with Gasteiger partial charge in [-0.25, -0.2) is 19.2 Å². The second-order valence-electron chi connectivity index (χ2n) is 10.8. The van der Waals surface area contributed by atoms with Crippen molar-refractivity contribution in [2.24, 2.45) is 0 Å². The van der Waals surface area contributed by atoms with E-state index >= 15 is 0 Å². The lowest BCUT2D eigenvalue weighted by Gasteiger charge is -2.17. The molecule has 0 N–H and O–H groups in total. The number of esters is 4. The fourth-order valence-electron chi connectivity index (χ4n) is 5.15. The van der Waals surface area contributed by atoms with Gasteiger partial charge >= 0.3 is 23.9 Å². The average Bonchev–Trinajstić information content (AvgIpc) is 3.71. The first-order chi connectivity index (χ1) is 23.3. The van der Waals surface area contributed by atoms with Gasteiger partial charge < -0.3 is 37.9 Å². The predicted molar refractivity (Wildman–Crippen MR) is 167 cm³/mol. The van der Waals surface area contributed by atoms with Crippen LogP contribution in [0.1, 0.15) is 41.4 Å². The maximum atomic E-state index is 12.9. The largest absolute Gasteiger partial charge is 0.497 e. The van der Waals surface area contributed by atoms with Crippen molar-refractivity contribution in [3.05, 3.63) is 119 Å². The molecule has 4 aromatic rings. The van der Waals surface area contributed by atoms with Gasteiger partial charge in [0, 0.05) is 0 Å². The molecule has 2 saturated heterocycles. The normalized spacial score (nSPS) is 19.5. The van der Waals surface area contributed by atoms with Crippen molar-refractivity contribution in [1.29, 1.82) is 0 Å². The first kappa shape index (κ1) is 32.2. The Morgan fingerprint density at radius 1 is 0.458 bits per heavy atom. The first-order valence-electron chi connectivity index (χ1n) is 14.9. The highest BCUT2D eigenvalue weighted by Crippen LogP contribution is 2.32. The summed E-state index contributed by atoms with van der Waals surface area (Å²) in [6.45, 7) is 0.113. The Labute approximate surface area is 275 Å². The van der Waals surface area contributed by atoms with Crippen molar-refractivity contribution in [3.8, 4) is 23.0 Å². The van der Waals surface area contributed by atoms with Gasteiger partial charge in [0.2, 0.25) is 0 Å². The first-order valence-corrected chi connectivity index (χ1v) is 14.9. The number of hydrogen-bond donors (Lipinski definition) is 0. The maximum Gasteiger partial charge on any atom is 0.343 e. The number of fused-ring (bicyclic) bond motifs is 1. The van der Waals surface area contributed by atoms with Gasteiger partial charge in [0.05, 0.1) is 49.7 Å². The van der Waals surface area contributed by atoms with E-state index in [0.717, 1.165) is 0 Å². The Morgan fingerprint density at radius 2 is 0.750 bits per heavy atom. The highest BCUT2D eigenvalue weighted by Gasteiger charge is 2.51. The van der Waals surface area contributed by atoms with Crippen molar-refractivity contribution in [3.63, 3.8) is 0 Å². The topological polar surface area (TPSA) is 142 Å². The summed E-state index contributed by atoms with van der Waals surface area (Å²) in [5.41, 5.74) is 1.17. The van der Waals surface area contributed by atoms with E-state index in [1.165, 1.54) is 62.8 Å². The average molecular weight is 655 g/mol. The van der Waals surface area contributed by atoms with Crippen molar-refractivity contribution in [2.45, 2.75) is 24.4 Å². The number of rotatable bonds is 10. The smallest absolute Gasteiger partial charge is 0.343 e. The minimum atomic E-state index is -0.724. The Hall–Kier alpha value is -5.72. The van der Waals surface area contributed by atoms with Crippen LogP contribution in [0.2, 0.25) is 0 Å². The van der Waals surface area contributed by atoms with E-state index in [-0.39, 0.29) is 35.8 Å². The highest BCUT2D eigenvalue weighted by molar-refractivity contribution is 5.93. The molecular weight excluding hydrogens is 624 g/mol. The van der Waals surface area contributed by atoms with Gasteiger partial charge in [-0.05, 0) is 97.1 Å². The number of hydrogen-bond acceptors (Lipinski definition) is 12.